The Kier molecular flexibility index (Phi) is 12.1. The monoisotopic (exact) mass is 740 g/mol. The number of morpholine rings is 1. The molecule has 54 heavy (non-hydrogen) atoms. The van der Waals surface area contributed by atoms with Crippen molar-refractivity contribution in [3.63, 3.8) is 0 Å². The molecule has 2 fully saturated rings. The molecule has 2 aliphatic rings. The SMILES string of the molecule is CCCC(C(=O)NC=O)N(C=O)Cc1cc(OC2CN(Cc3c(OC)cc(-c4cn(C)c(=O)c5cnc(N6CCOCC6)cc45)cc3OC)C2)ccc1C. The van der Waals surface area contributed by atoms with E-state index in [1.807, 2.05) is 56.4 Å². The zero-order chi connectivity index (χ0) is 38.4. The van der Waals surface area contributed by atoms with Crippen LogP contribution >= 0.6 is 0 Å². The first-order valence-electron chi connectivity index (χ1n) is 18.2. The van der Waals surface area contributed by atoms with Gasteiger partial charge < -0.3 is 33.3 Å². The molecule has 2 saturated heterocycles. The fraction of sp³-hybridized carbons (Fsp3) is 0.425. The van der Waals surface area contributed by atoms with Gasteiger partial charge in [0.1, 0.15) is 35.2 Å². The standard InChI is InChI=1S/C40H48N6O8/c1-6-7-35(39(49)42-24-47)46(25-48)19-28-14-29(9-8-26(28)2)54-30-20-44(21-30)23-34-36(51-4)15-27(16-37(34)52-5)33-22-43(3)40(50)32-18-41-38(17-31(32)33)45-10-12-53-13-11-45/h8-9,14-18,22,24-25,30,35H,6-7,10-13,19-21,23H2,1-5H3,(H,42,47,49). The fourth-order valence-corrected chi connectivity index (χ4v) is 7.17. The van der Waals surface area contributed by atoms with E-state index >= 15 is 0 Å². The lowest BCUT2D eigenvalue weighted by Gasteiger charge is -2.39. The van der Waals surface area contributed by atoms with E-state index in [0.717, 1.165) is 52.1 Å². The Morgan fingerprint density at radius 2 is 1.80 bits per heavy atom. The third-order valence-corrected chi connectivity index (χ3v) is 10.2. The molecule has 0 spiro atoms. The first-order chi connectivity index (χ1) is 26.2. The van der Waals surface area contributed by atoms with Gasteiger partial charge in [-0.15, -0.1) is 0 Å². The van der Waals surface area contributed by atoms with Crippen LogP contribution in [0.4, 0.5) is 5.82 Å². The number of pyridine rings is 2. The molecule has 3 amide bonds. The van der Waals surface area contributed by atoms with Gasteiger partial charge in [-0.2, -0.15) is 0 Å². The fourth-order valence-electron chi connectivity index (χ4n) is 7.17. The van der Waals surface area contributed by atoms with Gasteiger partial charge in [-0.3, -0.25) is 29.4 Å². The summed E-state index contributed by atoms with van der Waals surface area (Å²) in [5.74, 6) is 2.31. The smallest absolute Gasteiger partial charge is 0.259 e. The van der Waals surface area contributed by atoms with Crippen LogP contribution < -0.4 is 30.0 Å². The van der Waals surface area contributed by atoms with E-state index in [-0.39, 0.29) is 18.2 Å². The third kappa shape index (κ3) is 8.19. The second-order valence-corrected chi connectivity index (χ2v) is 13.7. The number of carbonyl (C=O) groups is 3. The maximum Gasteiger partial charge on any atom is 0.259 e. The minimum atomic E-state index is -0.754. The highest BCUT2D eigenvalue weighted by Crippen LogP contribution is 2.39. The van der Waals surface area contributed by atoms with E-state index in [1.54, 1.807) is 32.0 Å². The van der Waals surface area contributed by atoms with Crippen LogP contribution in [0.3, 0.4) is 0 Å². The van der Waals surface area contributed by atoms with Crippen LogP contribution in [0.2, 0.25) is 0 Å². The summed E-state index contributed by atoms with van der Waals surface area (Å²) in [5.41, 5.74) is 4.31. The summed E-state index contributed by atoms with van der Waals surface area (Å²) in [6.45, 7) is 8.70. The van der Waals surface area contributed by atoms with Crippen LogP contribution in [-0.4, -0.2) is 104 Å². The lowest BCUT2D eigenvalue weighted by atomic mass is 9.98. The Bertz CT molecular complexity index is 2030. The van der Waals surface area contributed by atoms with Gasteiger partial charge in [0.15, 0.2) is 0 Å². The summed E-state index contributed by atoms with van der Waals surface area (Å²) in [7, 11) is 5.02. The first kappa shape index (κ1) is 38.3. The Balaban J connectivity index is 1.17. The number of nitrogens with one attached hydrogen (secondary N) is 1. The van der Waals surface area contributed by atoms with Crippen LogP contribution in [0.1, 0.15) is 36.5 Å². The zero-order valence-electron chi connectivity index (χ0n) is 31.5. The van der Waals surface area contributed by atoms with Crippen molar-refractivity contribution in [2.75, 3.05) is 58.5 Å². The van der Waals surface area contributed by atoms with E-state index in [0.29, 0.717) is 81.1 Å². The molecule has 0 saturated carbocycles. The molecular formula is C40H48N6O8. The molecule has 2 aliphatic heterocycles. The minimum absolute atomic E-state index is 0.0588. The van der Waals surface area contributed by atoms with Crippen LogP contribution in [-0.2, 0) is 39.3 Å². The number of hydrogen-bond acceptors (Lipinski definition) is 11. The molecule has 0 bridgehead atoms. The summed E-state index contributed by atoms with van der Waals surface area (Å²) >= 11 is 0. The predicted molar refractivity (Wildman–Crippen MR) is 204 cm³/mol. The van der Waals surface area contributed by atoms with Gasteiger partial charge in [0.2, 0.25) is 18.7 Å². The number of hydrogen-bond donors (Lipinski definition) is 1. The summed E-state index contributed by atoms with van der Waals surface area (Å²) in [6.07, 6.45) is 5.55. The van der Waals surface area contributed by atoms with Crippen molar-refractivity contribution in [2.24, 2.45) is 7.05 Å². The third-order valence-electron chi connectivity index (χ3n) is 10.2. The number of carbonyl (C=O) groups excluding carboxylic acids is 3. The summed E-state index contributed by atoms with van der Waals surface area (Å²) in [5, 5.41) is 3.52. The molecule has 2 aromatic heterocycles. The number of nitrogens with zero attached hydrogens (tertiary/aromatic N) is 5. The average molecular weight is 741 g/mol. The van der Waals surface area contributed by atoms with Gasteiger partial charge >= 0.3 is 0 Å². The lowest BCUT2D eigenvalue weighted by molar-refractivity contribution is -0.135. The van der Waals surface area contributed by atoms with Gasteiger partial charge in [-0.05, 0) is 60.4 Å². The van der Waals surface area contributed by atoms with Gasteiger partial charge in [0.05, 0.1) is 38.4 Å². The predicted octanol–water partition coefficient (Wildman–Crippen LogP) is 3.43. The Morgan fingerprint density at radius 3 is 2.44 bits per heavy atom. The van der Waals surface area contributed by atoms with Crippen molar-refractivity contribution >= 4 is 35.3 Å². The lowest BCUT2D eigenvalue weighted by Crippen LogP contribution is -2.53. The second kappa shape index (κ2) is 17.1. The summed E-state index contributed by atoms with van der Waals surface area (Å²) < 4.78 is 25.3. The molecule has 1 unspecified atom stereocenters. The highest BCUT2D eigenvalue weighted by molar-refractivity contribution is 5.97. The number of aromatic nitrogens is 2. The zero-order valence-corrected chi connectivity index (χ0v) is 31.5. The van der Waals surface area contributed by atoms with E-state index in [9.17, 15) is 19.2 Å². The number of benzene rings is 2. The maximum atomic E-state index is 13.2. The molecule has 286 valence electrons. The quantitative estimate of drug-likeness (QED) is 0.169. The molecule has 6 rings (SSSR count). The van der Waals surface area contributed by atoms with Gasteiger partial charge in [-0.25, -0.2) is 4.98 Å². The largest absolute Gasteiger partial charge is 0.496 e. The molecule has 14 nitrogen and oxygen atoms in total. The van der Waals surface area contributed by atoms with Gasteiger partial charge in [0, 0.05) is 69.7 Å². The first-order valence-corrected chi connectivity index (χ1v) is 18.2. The second-order valence-electron chi connectivity index (χ2n) is 13.7. The Morgan fingerprint density at radius 1 is 1.07 bits per heavy atom. The molecule has 1 atom stereocenters. The van der Waals surface area contributed by atoms with Crippen molar-refractivity contribution in [3.8, 4) is 28.4 Å². The van der Waals surface area contributed by atoms with Gasteiger partial charge in [0.25, 0.3) is 5.56 Å². The number of methoxy groups -OCH3 is 2. The molecule has 4 aromatic rings. The number of imide groups is 1. The number of likely N-dealkylation sites (tertiary alicyclic amines) is 1. The summed E-state index contributed by atoms with van der Waals surface area (Å²) in [6, 6.07) is 11.0. The van der Waals surface area contributed by atoms with Crippen LogP contribution in [0.25, 0.3) is 21.9 Å². The molecular weight excluding hydrogens is 692 g/mol. The highest BCUT2D eigenvalue weighted by Gasteiger charge is 2.31. The molecule has 0 radical (unpaired) electrons. The van der Waals surface area contributed by atoms with E-state index in [2.05, 4.69) is 20.1 Å². The Labute approximate surface area is 314 Å². The van der Waals surface area contributed by atoms with Crippen molar-refractivity contribution < 1.29 is 33.3 Å². The van der Waals surface area contributed by atoms with Crippen molar-refractivity contribution in [3.05, 3.63) is 75.8 Å². The van der Waals surface area contributed by atoms with Crippen LogP contribution in [0.5, 0.6) is 17.2 Å². The number of anilines is 1. The maximum absolute atomic E-state index is 13.2. The number of ether oxygens (including phenoxy) is 4. The number of rotatable bonds is 16. The molecule has 0 aliphatic carbocycles. The van der Waals surface area contributed by atoms with E-state index in [4.69, 9.17) is 18.9 Å². The topological polar surface area (TPSA) is 145 Å². The summed E-state index contributed by atoms with van der Waals surface area (Å²) in [4.78, 5) is 59.1. The molecule has 14 heteroatoms. The van der Waals surface area contributed by atoms with E-state index < -0.39 is 11.9 Å². The normalized spacial score (nSPS) is 15.3. The number of aryl methyl sites for hydroxylation is 2. The average Bonchev–Trinajstić information content (AvgIpc) is 3.17. The van der Waals surface area contributed by atoms with Crippen LogP contribution in [0.15, 0.2) is 53.6 Å². The highest BCUT2D eigenvalue weighted by atomic mass is 16.5. The van der Waals surface area contributed by atoms with Crippen LogP contribution in [0, 0.1) is 6.92 Å². The van der Waals surface area contributed by atoms with Crippen molar-refractivity contribution in [1.29, 1.82) is 0 Å². The molecule has 2 aromatic carbocycles. The van der Waals surface area contributed by atoms with Gasteiger partial charge in [-0.1, -0.05) is 19.4 Å². The van der Waals surface area contributed by atoms with Crippen molar-refractivity contribution in [2.45, 2.75) is 51.9 Å². The molecule has 4 heterocycles. The number of amides is 3. The minimum Gasteiger partial charge on any atom is -0.496 e. The van der Waals surface area contributed by atoms with E-state index in [1.165, 1.54) is 4.90 Å². The molecule has 1 N–H and O–H groups in total. The van der Waals surface area contributed by atoms with Crippen molar-refractivity contribution in [1.82, 2.24) is 24.7 Å². The number of fused-ring (bicyclic) bond motifs is 1. The Hall–Kier alpha value is -5.47.